The molecule has 1 aliphatic carbocycles. The van der Waals surface area contributed by atoms with Gasteiger partial charge in [0.05, 0.1) is 37.6 Å². The first-order valence-electron chi connectivity index (χ1n) is 9.51. The van der Waals surface area contributed by atoms with E-state index in [9.17, 15) is 4.79 Å². The SMILES string of the molecule is O=C(Cc1ccc2c(c1)OCO2)N1Cc2cncn2C(COCC2CC2)C1. The van der Waals surface area contributed by atoms with Gasteiger partial charge in [-0.1, -0.05) is 6.07 Å². The van der Waals surface area contributed by atoms with Crippen LogP contribution in [-0.4, -0.2) is 46.9 Å². The Balaban J connectivity index is 1.25. The molecule has 0 N–H and O–H groups in total. The van der Waals surface area contributed by atoms with E-state index in [1.54, 1.807) is 0 Å². The van der Waals surface area contributed by atoms with Crippen LogP contribution in [0, 0.1) is 5.92 Å². The minimum absolute atomic E-state index is 0.105. The number of nitrogens with zero attached hydrogens (tertiary/aromatic N) is 3. The quantitative estimate of drug-likeness (QED) is 0.781. The monoisotopic (exact) mass is 369 g/mol. The summed E-state index contributed by atoms with van der Waals surface area (Å²) in [6.07, 6.45) is 6.59. The van der Waals surface area contributed by atoms with Crippen molar-refractivity contribution in [3.8, 4) is 11.5 Å². The third-order valence-electron chi connectivity index (χ3n) is 5.43. The Labute approximate surface area is 157 Å². The van der Waals surface area contributed by atoms with Crippen molar-refractivity contribution in [1.29, 1.82) is 0 Å². The fraction of sp³-hybridized carbons (Fsp3) is 0.500. The Bertz CT molecular complexity index is 846. The second-order valence-corrected chi connectivity index (χ2v) is 7.57. The highest BCUT2D eigenvalue weighted by Gasteiger charge is 2.29. The number of aromatic nitrogens is 2. The molecule has 0 bridgehead atoms. The van der Waals surface area contributed by atoms with Crippen LogP contribution in [0.25, 0.3) is 0 Å². The fourth-order valence-electron chi connectivity index (χ4n) is 3.70. The molecule has 27 heavy (non-hydrogen) atoms. The summed E-state index contributed by atoms with van der Waals surface area (Å²) in [7, 11) is 0. The molecule has 1 atom stereocenters. The van der Waals surface area contributed by atoms with Crippen molar-refractivity contribution in [2.24, 2.45) is 5.92 Å². The molecule has 1 unspecified atom stereocenters. The molecule has 0 radical (unpaired) electrons. The molecule has 1 saturated carbocycles. The lowest BCUT2D eigenvalue weighted by atomic mass is 10.1. The zero-order chi connectivity index (χ0) is 18.2. The highest BCUT2D eigenvalue weighted by molar-refractivity contribution is 5.79. The summed E-state index contributed by atoms with van der Waals surface area (Å²) in [5, 5.41) is 0. The number of carbonyl (C=O) groups excluding carboxylic acids is 1. The molecular weight excluding hydrogens is 346 g/mol. The first-order chi connectivity index (χ1) is 13.3. The smallest absolute Gasteiger partial charge is 0.231 e. The lowest BCUT2D eigenvalue weighted by Gasteiger charge is -2.34. The number of ether oxygens (including phenoxy) is 3. The maximum atomic E-state index is 12.9. The molecule has 3 aliphatic rings. The van der Waals surface area contributed by atoms with Gasteiger partial charge in [0.2, 0.25) is 12.7 Å². The summed E-state index contributed by atoms with van der Waals surface area (Å²) >= 11 is 0. The van der Waals surface area contributed by atoms with Gasteiger partial charge in [0.1, 0.15) is 0 Å². The van der Waals surface area contributed by atoms with Crippen LogP contribution in [-0.2, 0) is 22.5 Å². The molecule has 0 spiro atoms. The largest absolute Gasteiger partial charge is 0.454 e. The zero-order valence-electron chi connectivity index (χ0n) is 15.2. The summed E-state index contributed by atoms with van der Waals surface area (Å²) in [5.41, 5.74) is 1.99. The van der Waals surface area contributed by atoms with Crippen molar-refractivity contribution in [3.63, 3.8) is 0 Å². The van der Waals surface area contributed by atoms with Gasteiger partial charge >= 0.3 is 0 Å². The normalized spacial score (nSPS) is 20.6. The highest BCUT2D eigenvalue weighted by atomic mass is 16.7. The molecule has 1 amide bonds. The van der Waals surface area contributed by atoms with Crippen molar-refractivity contribution in [2.45, 2.75) is 31.8 Å². The van der Waals surface area contributed by atoms with Gasteiger partial charge < -0.3 is 23.7 Å². The number of rotatable bonds is 6. The number of amides is 1. The minimum Gasteiger partial charge on any atom is -0.454 e. The van der Waals surface area contributed by atoms with Crippen LogP contribution in [0.5, 0.6) is 11.5 Å². The van der Waals surface area contributed by atoms with Gasteiger partial charge in [-0.25, -0.2) is 4.98 Å². The van der Waals surface area contributed by atoms with E-state index in [-0.39, 0.29) is 18.7 Å². The summed E-state index contributed by atoms with van der Waals surface area (Å²) in [5.74, 6) is 2.29. The molecule has 2 aromatic rings. The lowest BCUT2D eigenvalue weighted by molar-refractivity contribution is -0.132. The average Bonchev–Trinajstić information content (AvgIpc) is 3.17. The van der Waals surface area contributed by atoms with Crippen LogP contribution < -0.4 is 9.47 Å². The predicted molar refractivity (Wildman–Crippen MR) is 96.5 cm³/mol. The molecule has 1 fully saturated rings. The van der Waals surface area contributed by atoms with Crippen molar-refractivity contribution in [2.75, 3.05) is 26.6 Å². The van der Waals surface area contributed by atoms with Gasteiger partial charge in [0, 0.05) is 19.3 Å². The second kappa shape index (κ2) is 6.88. The highest BCUT2D eigenvalue weighted by Crippen LogP contribution is 2.33. The maximum Gasteiger partial charge on any atom is 0.231 e. The van der Waals surface area contributed by atoms with E-state index >= 15 is 0 Å². The Morgan fingerprint density at radius 1 is 1.22 bits per heavy atom. The van der Waals surface area contributed by atoms with E-state index in [1.165, 1.54) is 12.8 Å². The van der Waals surface area contributed by atoms with Crippen LogP contribution in [0.2, 0.25) is 0 Å². The molecule has 3 heterocycles. The van der Waals surface area contributed by atoms with Crippen molar-refractivity contribution < 1.29 is 19.0 Å². The van der Waals surface area contributed by atoms with E-state index in [2.05, 4.69) is 9.55 Å². The number of carbonyl (C=O) groups is 1. The molecule has 1 aromatic carbocycles. The Morgan fingerprint density at radius 2 is 2.11 bits per heavy atom. The zero-order valence-corrected chi connectivity index (χ0v) is 15.2. The van der Waals surface area contributed by atoms with Gasteiger partial charge in [-0.3, -0.25) is 4.79 Å². The number of fused-ring (bicyclic) bond motifs is 2. The summed E-state index contributed by atoms with van der Waals surface area (Å²) in [6, 6.07) is 5.81. The number of hydrogen-bond acceptors (Lipinski definition) is 5. The van der Waals surface area contributed by atoms with E-state index < -0.39 is 0 Å². The van der Waals surface area contributed by atoms with E-state index in [4.69, 9.17) is 14.2 Å². The topological polar surface area (TPSA) is 65.8 Å². The van der Waals surface area contributed by atoms with Crippen LogP contribution in [0.15, 0.2) is 30.7 Å². The Hall–Kier alpha value is -2.54. The molecule has 5 rings (SSSR count). The van der Waals surface area contributed by atoms with Crippen molar-refractivity contribution >= 4 is 5.91 Å². The molecule has 0 saturated heterocycles. The standard InChI is InChI=1S/C20H23N3O4/c24-20(6-15-3-4-18-19(5-15)27-13-26-18)22-8-16-7-21-12-23(16)17(9-22)11-25-10-14-1-2-14/h3-5,7,12,14,17H,1-2,6,8-11,13H2. The Kier molecular flexibility index (Phi) is 4.24. The number of benzene rings is 1. The second-order valence-electron chi connectivity index (χ2n) is 7.57. The maximum absolute atomic E-state index is 12.9. The van der Waals surface area contributed by atoms with Gasteiger partial charge in [-0.05, 0) is 36.5 Å². The van der Waals surface area contributed by atoms with Crippen LogP contribution in [0.3, 0.4) is 0 Å². The predicted octanol–water partition coefficient (Wildman–Crippen LogP) is 2.16. The van der Waals surface area contributed by atoms with Crippen LogP contribution in [0.4, 0.5) is 0 Å². The molecule has 7 nitrogen and oxygen atoms in total. The molecule has 7 heteroatoms. The molecule has 1 aromatic heterocycles. The first-order valence-corrected chi connectivity index (χ1v) is 9.51. The van der Waals surface area contributed by atoms with E-state index in [0.29, 0.717) is 31.9 Å². The van der Waals surface area contributed by atoms with Crippen LogP contribution >= 0.6 is 0 Å². The molecule has 142 valence electrons. The van der Waals surface area contributed by atoms with Gasteiger partial charge in [0.15, 0.2) is 11.5 Å². The van der Waals surface area contributed by atoms with E-state index in [0.717, 1.165) is 29.5 Å². The van der Waals surface area contributed by atoms with Crippen molar-refractivity contribution in [3.05, 3.63) is 42.0 Å². The third-order valence-corrected chi connectivity index (χ3v) is 5.43. The first kappa shape index (κ1) is 16.6. The molecular formula is C20H23N3O4. The third kappa shape index (κ3) is 3.51. The minimum atomic E-state index is 0.105. The number of imidazole rings is 1. The molecule has 2 aliphatic heterocycles. The Morgan fingerprint density at radius 3 is 3.00 bits per heavy atom. The fourth-order valence-corrected chi connectivity index (χ4v) is 3.70. The lowest BCUT2D eigenvalue weighted by Crippen LogP contribution is -2.42. The summed E-state index contributed by atoms with van der Waals surface area (Å²) < 4.78 is 18.8. The van der Waals surface area contributed by atoms with Gasteiger partial charge in [-0.15, -0.1) is 0 Å². The van der Waals surface area contributed by atoms with Gasteiger partial charge in [0.25, 0.3) is 0 Å². The average molecular weight is 369 g/mol. The number of hydrogen-bond donors (Lipinski definition) is 0. The van der Waals surface area contributed by atoms with Crippen LogP contribution in [0.1, 0.15) is 30.1 Å². The summed E-state index contributed by atoms with van der Waals surface area (Å²) in [6.45, 7) is 2.92. The van der Waals surface area contributed by atoms with Crippen molar-refractivity contribution in [1.82, 2.24) is 14.5 Å². The van der Waals surface area contributed by atoms with Gasteiger partial charge in [-0.2, -0.15) is 0 Å². The van der Waals surface area contributed by atoms with E-state index in [1.807, 2.05) is 35.6 Å². The summed E-state index contributed by atoms with van der Waals surface area (Å²) in [4.78, 5) is 19.1.